The second-order valence-electron chi connectivity index (χ2n) is 6.93. The molecule has 3 heterocycles. The molecule has 1 N–H and O–H groups in total. The molecule has 3 aromatic heterocycles. The highest BCUT2D eigenvalue weighted by molar-refractivity contribution is 5.97. The van der Waals surface area contributed by atoms with E-state index < -0.39 is 0 Å². The Balaban J connectivity index is 1.67. The maximum absolute atomic E-state index is 4.48. The SMILES string of the molecule is Cc1nccc(-c2cc3cc(-c4ccnc5ccccc45)ccc3[nH]2)c1C. The molecule has 130 valence electrons. The Kier molecular flexibility index (Phi) is 3.54. The number of aromatic nitrogens is 3. The number of H-pyrrole nitrogens is 1. The van der Waals surface area contributed by atoms with Gasteiger partial charge < -0.3 is 4.98 Å². The van der Waals surface area contributed by atoms with Gasteiger partial charge in [-0.2, -0.15) is 0 Å². The Labute approximate surface area is 157 Å². The Morgan fingerprint density at radius 3 is 2.52 bits per heavy atom. The van der Waals surface area contributed by atoms with E-state index in [9.17, 15) is 0 Å². The van der Waals surface area contributed by atoms with E-state index in [-0.39, 0.29) is 0 Å². The van der Waals surface area contributed by atoms with Crippen molar-refractivity contribution in [3.05, 3.63) is 84.3 Å². The van der Waals surface area contributed by atoms with Crippen LogP contribution in [0.5, 0.6) is 0 Å². The summed E-state index contributed by atoms with van der Waals surface area (Å²) in [5.41, 5.74) is 9.18. The third-order valence-corrected chi connectivity index (χ3v) is 5.33. The van der Waals surface area contributed by atoms with Crippen molar-refractivity contribution in [2.24, 2.45) is 0 Å². The van der Waals surface area contributed by atoms with Crippen molar-refractivity contribution < 1.29 is 0 Å². The van der Waals surface area contributed by atoms with E-state index in [1.807, 2.05) is 25.4 Å². The highest BCUT2D eigenvalue weighted by Gasteiger charge is 2.10. The fourth-order valence-electron chi connectivity index (χ4n) is 3.72. The van der Waals surface area contributed by atoms with Gasteiger partial charge in [-0.25, -0.2) is 0 Å². The van der Waals surface area contributed by atoms with Crippen LogP contribution in [0.3, 0.4) is 0 Å². The van der Waals surface area contributed by atoms with Crippen molar-refractivity contribution in [3.63, 3.8) is 0 Å². The number of nitrogens with zero attached hydrogens (tertiary/aromatic N) is 2. The molecular formula is C24H19N3. The van der Waals surface area contributed by atoms with E-state index >= 15 is 0 Å². The zero-order chi connectivity index (χ0) is 18.4. The molecule has 0 aliphatic heterocycles. The molecule has 2 aromatic carbocycles. The summed E-state index contributed by atoms with van der Waals surface area (Å²) in [7, 11) is 0. The minimum atomic E-state index is 1.02. The van der Waals surface area contributed by atoms with Crippen LogP contribution in [0.2, 0.25) is 0 Å². The molecule has 0 fully saturated rings. The lowest BCUT2D eigenvalue weighted by Crippen LogP contribution is -1.90. The maximum Gasteiger partial charge on any atom is 0.0708 e. The largest absolute Gasteiger partial charge is 0.355 e. The van der Waals surface area contributed by atoms with Gasteiger partial charge >= 0.3 is 0 Å². The van der Waals surface area contributed by atoms with Crippen LogP contribution in [-0.4, -0.2) is 15.0 Å². The summed E-state index contributed by atoms with van der Waals surface area (Å²) in [4.78, 5) is 12.4. The monoisotopic (exact) mass is 349 g/mol. The number of hydrogen-bond acceptors (Lipinski definition) is 2. The molecule has 0 saturated heterocycles. The summed E-state index contributed by atoms with van der Waals surface area (Å²) in [6.45, 7) is 4.17. The molecule has 3 heteroatoms. The molecule has 5 aromatic rings. The third kappa shape index (κ3) is 2.59. The van der Waals surface area contributed by atoms with Crippen molar-refractivity contribution >= 4 is 21.8 Å². The first-order valence-corrected chi connectivity index (χ1v) is 9.10. The molecule has 0 saturated carbocycles. The van der Waals surface area contributed by atoms with Gasteiger partial charge in [0.25, 0.3) is 0 Å². The number of rotatable bonds is 2. The number of para-hydroxylation sites is 1. The minimum absolute atomic E-state index is 1.02. The molecular weight excluding hydrogens is 330 g/mol. The van der Waals surface area contributed by atoms with E-state index in [0.717, 1.165) is 22.4 Å². The first-order valence-electron chi connectivity index (χ1n) is 9.10. The number of aromatic amines is 1. The summed E-state index contributed by atoms with van der Waals surface area (Å²) >= 11 is 0. The van der Waals surface area contributed by atoms with Gasteiger partial charge in [0, 0.05) is 45.6 Å². The van der Waals surface area contributed by atoms with Gasteiger partial charge in [-0.1, -0.05) is 24.3 Å². The van der Waals surface area contributed by atoms with Crippen molar-refractivity contribution in [1.82, 2.24) is 15.0 Å². The van der Waals surface area contributed by atoms with Gasteiger partial charge in [0.2, 0.25) is 0 Å². The van der Waals surface area contributed by atoms with Crippen molar-refractivity contribution in [1.29, 1.82) is 0 Å². The second kappa shape index (κ2) is 6.06. The summed E-state index contributed by atoms with van der Waals surface area (Å²) in [6.07, 6.45) is 3.76. The average Bonchev–Trinajstić information content (AvgIpc) is 3.12. The van der Waals surface area contributed by atoms with E-state index in [1.165, 1.54) is 33.0 Å². The Morgan fingerprint density at radius 1 is 0.778 bits per heavy atom. The zero-order valence-corrected chi connectivity index (χ0v) is 15.3. The molecule has 0 aliphatic rings. The zero-order valence-electron chi connectivity index (χ0n) is 15.3. The predicted molar refractivity (Wildman–Crippen MR) is 112 cm³/mol. The lowest BCUT2D eigenvalue weighted by molar-refractivity contribution is 1.15. The smallest absolute Gasteiger partial charge is 0.0708 e. The minimum Gasteiger partial charge on any atom is -0.355 e. The average molecular weight is 349 g/mol. The van der Waals surface area contributed by atoms with E-state index in [1.54, 1.807) is 0 Å². The van der Waals surface area contributed by atoms with Crippen LogP contribution >= 0.6 is 0 Å². The molecule has 5 rings (SSSR count). The Hall–Kier alpha value is -3.46. The van der Waals surface area contributed by atoms with Crippen molar-refractivity contribution in [3.8, 4) is 22.4 Å². The summed E-state index contributed by atoms with van der Waals surface area (Å²) in [5, 5.41) is 2.38. The lowest BCUT2D eigenvalue weighted by Gasteiger charge is -2.06. The number of hydrogen-bond donors (Lipinski definition) is 1. The van der Waals surface area contributed by atoms with Crippen molar-refractivity contribution in [2.45, 2.75) is 13.8 Å². The highest BCUT2D eigenvalue weighted by atomic mass is 14.7. The molecule has 0 spiro atoms. The summed E-state index contributed by atoms with van der Waals surface area (Å²) < 4.78 is 0. The number of aryl methyl sites for hydroxylation is 1. The third-order valence-electron chi connectivity index (χ3n) is 5.33. The van der Waals surface area contributed by atoms with E-state index in [2.05, 4.69) is 76.5 Å². The quantitative estimate of drug-likeness (QED) is 0.421. The molecule has 0 radical (unpaired) electrons. The molecule has 0 atom stereocenters. The highest BCUT2D eigenvalue weighted by Crippen LogP contribution is 2.32. The van der Waals surface area contributed by atoms with Gasteiger partial charge in [0.15, 0.2) is 0 Å². The number of nitrogens with one attached hydrogen (secondary N) is 1. The van der Waals surface area contributed by atoms with Crippen LogP contribution in [0, 0.1) is 13.8 Å². The second-order valence-corrected chi connectivity index (χ2v) is 6.93. The summed E-state index contributed by atoms with van der Waals surface area (Å²) in [6, 6.07) is 21.3. The fourth-order valence-corrected chi connectivity index (χ4v) is 3.72. The molecule has 0 aliphatic carbocycles. The first kappa shape index (κ1) is 15.8. The van der Waals surface area contributed by atoms with Crippen LogP contribution in [0.1, 0.15) is 11.3 Å². The van der Waals surface area contributed by atoms with E-state index in [4.69, 9.17) is 0 Å². The van der Waals surface area contributed by atoms with Gasteiger partial charge in [-0.15, -0.1) is 0 Å². The standard InChI is InChI=1S/C24H19N3/c1-15-16(2)25-11-9-19(15)24-14-18-13-17(7-8-22(18)27-24)20-10-12-26-23-6-4-3-5-21(20)23/h3-14,27H,1-2H3. The molecule has 27 heavy (non-hydrogen) atoms. The number of benzene rings is 2. The van der Waals surface area contributed by atoms with Crippen LogP contribution in [0.4, 0.5) is 0 Å². The molecule has 0 amide bonds. The predicted octanol–water partition coefficient (Wildman–Crippen LogP) is 6.06. The van der Waals surface area contributed by atoms with Gasteiger partial charge in [0.05, 0.1) is 5.52 Å². The molecule has 3 nitrogen and oxygen atoms in total. The van der Waals surface area contributed by atoms with Crippen molar-refractivity contribution in [2.75, 3.05) is 0 Å². The van der Waals surface area contributed by atoms with Crippen LogP contribution in [0.15, 0.2) is 73.1 Å². The topological polar surface area (TPSA) is 41.6 Å². The van der Waals surface area contributed by atoms with Crippen LogP contribution < -0.4 is 0 Å². The molecule has 0 bridgehead atoms. The van der Waals surface area contributed by atoms with Gasteiger partial charge in [0.1, 0.15) is 0 Å². The van der Waals surface area contributed by atoms with Gasteiger partial charge in [-0.05, 0) is 66.9 Å². The Morgan fingerprint density at radius 2 is 1.59 bits per heavy atom. The van der Waals surface area contributed by atoms with E-state index in [0.29, 0.717) is 0 Å². The lowest BCUT2D eigenvalue weighted by atomic mass is 10.00. The molecule has 0 unspecified atom stereocenters. The maximum atomic E-state index is 4.48. The van der Waals surface area contributed by atoms with Crippen LogP contribution in [0.25, 0.3) is 44.2 Å². The number of pyridine rings is 2. The van der Waals surface area contributed by atoms with Gasteiger partial charge in [-0.3, -0.25) is 9.97 Å². The first-order chi connectivity index (χ1) is 13.2. The number of fused-ring (bicyclic) bond motifs is 2. The normalized spacial score (nSPS) is 11.3. The summed E-state index contributed by atoms with van der Waals surface area (Å²) in [5.74, 6) is 0. The fraction of sp³-hybridized carbons (Fsp3) is 0.0833. The van der Waals surface area contributed by atoms with Crippen LogP contribution in [-0.2, 0) is 0 Å². The Bertz CT molecular complexity index is 1290.